The minimum absolute atomic E-state index is 0.234. The fraction of sp³-hybridized carbons (Fsp3) is 0.118. The largest absolute Gasteiger partial charge is 0.497 e. The zero-order valence-corrected chi connectivity index (χ0v) is 11.8. The van der Waals surface area contributed by atoms with Gasteiger partial charge < -0.3 is 13.9 Å². The SMILES string of the molecule is COc1ccc(OC)c(C(=O)c2cc3ccccc3o2)c1. The summed E-state index contributed by atoms with van der Waals surface area (Å²) in [5.74, 6) is 1.13. The molecule has 0 N–H and O–H groups in total. The van der Waals surface area contributed by atoms with Crippen molar-refractivity contribution >= 4 is 16.8 Å². The summed E-state index contributed by atoms with van der Waals surface area (Å²) in [5.41, 5.74) is 1.10. The highest BCUT2D eigenvalue weighted by atomic mass is 16.5. The van der Waals surface area contributed by atoms with Gasteiger partial charge in [0.2, 0.25) is 5.78 Å². The van der Waals surface area contributed by atoms with Crippen molar-refractivity contribution in [2.75, 3.05) is 14.2 Å². The van der Waals surface area contributed by atoms with Crippen LogP contribution in [0.4, 0.5) is 0 Å². The molecular weight excluding hydrogens is 268 g/mol. The Bertz CT molecular complexity index is 768. The first-order valence-electron chi connectivity index (χ1n) is 6.48. The maximum absolute atomic E-state index is 12.6. The number of methoxy groups -OCH3 is 2. The number of carbonyl (C=O) groups is 1. The fourth-order valence-corrected chi connectivity index (χ4v) is 2.22. The molecule has 0 aliphatic carbocycles. The maximum atomic E-state index is 12.6. The third-order valence-corrected chi connectivity index (χ3v) is 3.30. The van der Waals surface area contributed by atoms with E-state index in [4.69, 9.17) is 13.9 Å². The van der Waals surface area contributed by atoms with E-state index in [1.807, 2.05) is 24.3 Å². The maximum Gasteiger partial charge on any atom is 0.232 e. The zero-order chi connectivity index (χ0) is 14.8. The number of ether oxygens (including phenoxy) is 2. The average molecular weight is 282 g/mol. The summed E-state index contributed by atoms with van der Waals surface area (Å²) in [4.78, 5) is 12.6. The first-order valence-corrected chi connectivity index (χ1v) is 6.48. The number of hydrogen-bond acceptors (Lipinski definition) is 4. The molecule has 21 heavy (non-hydrogen) atoms. The molecule has 0 bridgehead atoms. The van der Waals surface area contributed by atoms with Gasteiger partial charge in [0.05, 0.1) is 19.8 Å². The molecule has 106 valence electrons. The highest BCUT2D eigenvalue weighted by molar-refractivity contribution is 6.10. The van der Waals surface area contributed by atoms with E-state index in [-0.39, 0.29) is 11.5 Å². The lowest BCUT2D eigenvalue weighted by Crippen LogP contribution is -2.03. The van der Waals surface area contributed by atoms with Gasteiger partial charge in [-0.3, -0.25) is 4.79 Å². The van der Waals surface area contributed by atoms with E-state index in [0.717, 1.165) is 5.39 Å². The quantitative estimate of drug-likeness (QED) is 0.685. The molecule has 0 radical (unpaired) electrons. The zero-order valence-electron chi connectivity index (χ0n) is 11.8. The predicted molar refractivity (Wildman–Crippen MR) is 79.2 cm³/mol. The standard InChI is InChI=1S/C17H14O4/c1-19-12-7-8-15(20-2)13(10-12)17(18)16-9-11-5-3-4-6-14(11)21-16/h3-10H,1-2H3. The van der Waals surface area contributed by atoms with E-state index in [1.54, 1.807) is 31.4 Å². The number of ketones is 1. The third kappa shape index (κ3) is 2.36. The smallest absolute Gasteiger partial charge is 0.232 e. The van der Waals surface area contributed by atoms with Crippen LogP contribution in [-0.4, -0.2) is 20.0 Å². The Morgan fingerprint density at radius 3 is 2.52 bits per heavy atom. The lowest BCUT2D eigenvalue weighted by Gasteiger charge is -2.08. The lowest BCUT2D eigenvalue weighted by atomic mass is 10.1. The van der Waals surface area contributed by atoms with Crippen LogP contribution in [-0.2, 0) is 0 Å². The number of hydrogen-bond donors (Lipinski definition) is 0. The highest BCUT2D eigenvalue weighted by Gasteiger charge is 2.19. The number of benzene rings is 2. The number of carbonyl (C=O) groups excluding carboxylic acids is 1. The van der Waals surface area contributed by atoms with Gasteiger partial charge in [0.15, 0.2) is 5.76 Å². The van der Waals surface area contributed by atoms with Crippen LogP contribution in [0.1, 0.15) is 16.1 Å². The predicted octanol–water partition coefficient (Wildman–Crippen LogP) is 3.68. The van der Waals surface area contributed by atoms with Crippen molar-refractivity contribution in [3.8, 4) is 11.5 Å². The number of furan rings is 1. The molecule has 3 aromatic rings. The fourth-order valence-electron chi connectivity index (χ4n) is 2.22. The van der Waals surface area contributed by atoms with Gasteiger partial charge in [-0.05, 0) is 30.3 Å². The Morgan fingerprint density at radius 1 is 1.00 bits per heavy atom. The van der Waals surface area contributed by atoms with E-state index < -0.39 is 0 Å². The lowest BCUT2D eigenvalue weighted by molar-refractivity contribution is 0.101. The summed E-state index contributed by atoms with van der Waals surface area (Å²) in [6.45, 7) is 0. The van der Waals surface area contributed by atoms with Gasteiger partial charge in [0, 0.05) is 5.39 Å². The number of rotatable bonds is 4. The van der Waals surface area contributed by atoms with E-state index in [0.29, 0.717) is 22.6 Å². The first-order chi connectivity index (χ1) is 10.2. The molecule has 0 fully saturated rings. The average Bonchev–Trinajstić information content (AvgIpc) is 2.97. The molecule has 0 unspecified atom stereocenters. The molecule has 0 aliphatic heterocycles. The van der Waals surface area contributed by atoms with Gasteiger partial charge in [0.25, 0.3) is 0 Å². The third-order valence-electron chi connectivity index (χ3n) is 3.30. The molecule has 0 aliphatic rings. The normalized spacial score (nSPS) is 10.6. The van der Waals surface area contributed by atoms with Crippen molar-refractivity contribution in [2.45, 2.75) is 0 Å². The van der Waals surface area contributed by atoms with Gasteiger partial charge in [-0.15, -0.1) is 0 Å². The monoisotopic (exact) mass is 282 g/mol. The van der Waals surface area contributed by atoms with Crippen LogP contribution in [0.3, 0.4) is 0 Å². The molecule has 4 nitrogen and oxygen atoms in total. The van der Waals surface area contributed by atoms with Crippen LogP contribution in [0.15, 0.2) is 52.9 Å². The molecule has 0 atom stereocenters. The number of fused-ring (bicyclic) bond motifs is 1. The van der Waals surface area contributed by atoms with Gasteiger partial charge in [-0.1, -0.05) is 18.2 Å². The molecular formula is C17H14O4. The summed E-state index contributed by atoms with van der Waals surface area (Å²) in [5, 5.41) is 0.891. The van der Waals surface area contributed by atoms with Crippen LogP contribution >= 0.6 is 0 Å². The summed E-state index contributed by atoms with van der Waals surface area (Å²) < 4.78 is 16.0. The van der Waals surface area contributed by atoms with Crippen LogP contribution in [0.5, 0.6) is 11.5 Å². The van der Waals surface area contributed by atoms with Gasteiger partial charge in [-0.2, -0.15) is 0 Å². The van der Waals surface area contributed by atoms with E-state index >= 15 is 0 Å². The van der Waals surface area contributed by atoms with E-state index in [2.05, 4.69) is 0 Å². The molecule has 0 spiro atoms. The number of para-hydroxylation sites is 1. The minimum Gasteiger partial charge on any atom is -0.497 e. The van der Waals surface area contributed by atoms with Crippen molar-refractivity contribution in [1.82, 2.24) is 0 Å². The Hall–Kier alpha value is -2.75. The van der Waals surface area contributed by atoms with Crippen molar-refractivity contribution in [1.29, 1.82) is 0 Å². The van der Waals surface area contributed by atoms with Gasteiger partial charge in [0.1, 0.15) is 17.1 Å². The molecule has 1 aromatic heterocycles. The van der Waals surface area contributed by atoms with E-state index in [9.17, 15) is 4.79 Å². The minimum atomic E-state index is -0.234. The van der Waals surface area contributed by atoms with E-state index in [1.165, 1.54) is 7.11 Å². The molecule has 3 rings (SSSR count). The second-order valence-electron chi connectivity index (χ2n) is 4.54. The molecule has 0 saturated heterocycles. The molecule has 0 saturated carbocycles. The summed E-state index contributed by atoms with van der Waals surface area (Å²) >= 11 is 0. The van der Waals surface area contributed by atoms with Crippen LogP contribution in [0.2, 0.25) is 0 Å². The second-order valence-corrected chi connectivity index (χ2v) is 4.54. The van der Waals surface area contributed by atoms with Crippen molar-refractivity contribution in [3.63, 3.8) is 0 Å². The van der Waals surface area contributed by atoms with Crippen molar-refractivity contribution < 1.29 is 18.7 Å². The molecule has 0 amide bonds. The van der Waals surface area contributed by atoms with Gasteiger partial charge >= 0.3 is 0 Å². The Morgan fingerprint density at radius 2 is 1.81 bits per heavy atom. The Kier molecular flexibility index (Phi) is 3.36. The Labute approximate surface area is 121 Å². The second kappa shape index (κ2) is 5.32. The molecule has 4 heteroatoms. The van der Waals surface area contributed by atoms with Crippen molar-refractivity contribution in [3.05, 3.63) is 59.9 Å². The first kappa shape index (κ1) is 13.2. The summed E-state index contributed by atoms with van der Waals surface area (Å²) in [6.07, 6.45) is 0. The Balaban J connectivity index is 2.08. The van der Waals surface area contributed by atoms with Crippen molar-refractivity contribution in [2.24, 2.45) is 0 Å². The summed E-state index contributed by atoms with van der Waals surface area (Å²) in [7, 11) is 3.08. The molecule has 2 aromatic carbocycles. The van der Waals surface area contributed by atoms with Crippen LogP contribution < -0.4 is 9.47 Å². The molecule has 1 heterocycles. The van der Waals surface area contributed by atoms with Gasteiger partial charge in [-0.25, -0.2) is 0 Å². The highest BCUT2D eigenvalue weighted by Crippen LogP contribution is 2.28. The topological polar surface area (TPSA) is 48.7 Å². The summed E-state index contributed by atoms with van der Waals surface area (Å²) in [6, 6.07) is 14.3. The van der Waals surface area contributed by atoms with Crippen LogP contribution in [0.25, 0.3) is 11.0 Å². The van der Waals surface area contributed by atoms with Crippen LogP contribution in [0, 0.1) is 0 Å².